The van der Waals surface area contributed by atoms with Crippen LogP contribution in [-0.2, 0) is 4.74 Å². The van der Waals surface area contributed by atoms with E-state index in [0.717, 1.165) is 15.8 Å². The minimum atomic E-state index is -0.579. The van der Waals surface area contributed by atoms with Gasteiger partial charge >= 0.3 is 6.09 Å². The molecule has 2 N–H and O–H groups in total. The lowest BCUT2D eigenvalue weighted by Crippen LogP contribution is -2.34. The van der Waals surface area contributed by atoms with Crippen LogP contribution < -0.4 is 10.6 Å². The Morgan fingerprint density at radius 1 is 1.58 bits per heavy atom. The number of ether oxygens (including phenoxy) is 1. The average Bonchev–Trinajstić information content (AvgIpc) is 2.77. The molecule has 0 aromatic carbocycles. The summed E-state index contributed by atoms with van der Waals surface area (Å²) >= 11 is 8.41. The lowest BCUT2D eigenvalue weighted by molar-refractivity contribution is 0.158. The van der Waals surface area contributed by atoms with Crippen molar-refractivity contribution in [1.82, 2.24) is 14.9 Å². The molecule has 0 fully saturated rings. The molecular weight excluding hydrogens is 332 g/mol. The maximum atomic E-state index is 11.2. The van der Waals surface area contributed by atoms with Crippen LogP contribution >= 0.6 is 28.1 Å². The molecule has 0 aliphatic rings. The van der Waals surface area contributed by atoms with Gasteiger partial charge in [0.05, 0.1) is 18.3 Å². The van der Waals surface area contributed by atoms with Crippen molar-refractivity contribution in [2.75, 3.05) is 11.9 Å². The maximum absolute atomic E-state index is 11.2. The Labute approximate surface area is 123 Å². The smallest absolute Gasteiger partial charge is 0.413 e. The molecule has 19 heavy (non-hydrogen) atoms. The van der Waals surface area contributed by atoms with E-state index in [1.54, 1.807) is 23.7 Å². The van der Waals surface area contributed by atoms with Gasteiger partial charge in [-0.15, -0.1) is 0 Å². The lowest BCUT2D eigenvalue weighted by Gasteiger charge is -2.10. The molecular formula is C11H11BrN4O2S. The molecule has 0 radical (unpaired) electrons. The number of halogens is 1. The van der Waals surface area contributed by atoms with Gasteiger partial charge in [-0.25, -0.2) is 9.31 Å². The van der Waals surface area contributed by atoms with Gasteiger partial charge in [-0.3, -0.25) is 5.32 Å². The summed E-state index contributed by atoms with van der Waals surface area (Å²) in [5, 5.41) is 9.62. The number of hydrogen-bond acceptors (Lipinski definition) is 4. The molecule has 2 aromatic heterocycles. The third-order valence-electron chi connectivity index (χ3n) is 2.20. The van der Waals surface area contributed by atoms with E-state index in [4.69, 9.17) is 17.0 Å². The highest BCUT2D eigenvalue weighted by molar-refractivity contribution is 9.10. The number of nitrogens with one attached hydrogen (secondary N) is 2. The summed E-state index contributed by atoms with van der Waals surface area (Å²) < 4.78 is 7.23. The molecule has 0 unspecified atom stereocenters. The van der Waals surface area contributed by atoms with E-state index in [9.17, 15) is 4.79 Å². The second kappa shape index (κ2) is 5.98. The van der Waals surface area contributed by atoms with Crippen LogP contribution in [0.2, 0.25) is 0 Å². The number of pyridine rings is 1. The predicted molar refractivity (Wildman–Crippen MR) is 79.3 cm³/mol. The number of thiocarbonyl (C=S) groups is 1. The normalized spacial score (nSPS) is 10.2. The zero-order valence-electron chi connectivity index (χ0n) is 10.0. The molecule has 100 valence electrons. The minimum absolute atomic E-state index is 0.175. The molecule has 6 nitrogen and oxygen atoms in total. The molecule has 1 amide bonds. The van der Waals surface area contributed by atoms with Gasteiger partial charge in [0, 0.05) is 5.69 Å². The average molecular weight is 343 g/mol. The molecule has 0 spiro atoms. The Kier molecular flexibility index (Phi) is 4.33. The molecule has 0 saturated heterocycles. The lowest BCUT2D eigenvalue weighted by atomic mass is 10.3. The van der Waals surface area contributed by atoms with E-state index in [0.29, 0.717) is 6.61 Å². The summed E-state index contributed by atoms with van der Waals surface area (Å²) in [7, 11) is 0. The second-order valence-corrected chi connectivity index (χ2v) is 4.75. The Bertz CT molecular complexity index is 628. The number of carbonyl (C=O) groups is 1. The summed E-state index contributed by atoms with van der Waals surface area (Å²) in [4.78, 5) is 11.2. The summed E-state index contributed by atoms with van der Waals surface area (Å²) in [6, 6.07) is 5.52. The predicted octanol–water partition coefficient (Wildman–Crippen LogP) is 2.54. The third-order valence-corrected chi connectivity index (χ3v) is 2.97. The number of hydrogen-bond donors (Lipinski definition) is 2. The Morgan fingerprint density at radius 3 is 3.11 bits per heavy atom. The second-order valence-electron chi connectivity index (χ2n) is 3.53. The van der Waals surface area contributed by atoms with Crippen LogP contribution in [0.15, 0.2) is 29.0 Å². The van der Waals surface area contributed by atoms with Gasteiger partial charge in [-0.05, 0) is 53.3 Å². The van der Waals surface area contributed by atoms with Gasteiger partial charge in [0.1, 0.15) is 4.60 Å². The van der Waals surface area contributed by atoms with Gasteiger partial charge in [0.2, 0.25) is 0 Å². The highest BCUT2D eigenvalue weighted by atomic mass is 79.9. The van der Waals surface area contributed by atoms with Crippen molar-refractivity contribution in [2.45, 2.75) is 6.92 Å². The topological polar surface area (TPSA) is 67.7 Å². The fraction of sp³-hybridized carbons (Fsp3) is 0.182. The van der Waals surface area contributed by atoms with Gasteiger partial charge in [0.25, 0.3) is 0 Å². The SMILES string of the molecule is CCOC(=O)NC(=S)Nc1cc(Br)n2nccc2c1. The van der Waals surface area contributed by atoms with Crippen molar-refractivity contribution in [1.29, 1.82) is 0 Å². The van der Waals surface area contributed by atoms with E-state index < -0.39 is 6.09 Å². The molecule has 2 aromatic rings. The van der Waals surface area contributed by atoms with E-state index in [2.05, 4.69) is 31.7 Å². The van der Waals surface area contributed by atoms with Crippen molar-refractivity contribution < 1.29 is 9.53 Å². The molecule has 0 atom stereocenters. The quantitative estimate of drug-likeness (QED) is 0.648. The van der Waals surface area contributed by atoms with Crippen LogP contribution in [-0.4, -0.2) is 27.4 Å². The summed E-state index contributed by atoms with van der Waals surface area (Å²) in [5.74, 6) is 0. The number of amides is 1. The van der Waals surface area contributed by atoms with Crippen LogP contribution in [0, 0.1) is 0 Å². The van der Waals surface area contributed by atoms with Crippen molar-refractivity contribution in [2.24, 2.45) is 0 Å². The van der Waals surface area contributed by atoms with Crippen molar-refractivity contribution >= 4 is 50.6 Å². The Balaban J connectivity index is 2.08. The number of aromatic nitrogens is 2. The number of anilines is 1. The Morgan fingerprint density at radius 2 is 2.37 bits per heavy atom. The van der Waals surface area contributed by atoms with Gasteiger partial charge in [-0.1, -0.05) is 0 Å². The molecule has 0 aliphatic heterocycles. The van der Waals surface area contributed by atoms with Crippen LogP contribution in [0.3, 0.4) is 0 Å². The molecule has 0 saturated carbocycles. The van der Waals surface area contributed by atoms with E-state index in [-0.39, 0.29) is 5.11 Å². The van der Waals surface area contributed by atoms with Crippen LogP contribution in [0.4, 0.5) is 10.5 Å². The Hall–Kier alpha value is -1.67. The largest absolute Gasteiger partial charge is 0.450 e. The van der Waals surface area contributed by atoms with E-state index in [1.807, 2.05) is 12.1 Å². The first-order valence-electron chi connectivity index (χ1n) is 5.48. The first kappa shape index (κ1) is 13.8. The zero-order valence-corrected chi connectivity index (χ0v) is 12.4. The molecule has 2 rings (SSSR count). The monoisotopic (exact) mass is 342 g/mol. The van der Waals surface area contributed by atoms with Gasteiger partial charge < -0.3 is 10.1 Å². The first-order valence-corrected chi connectivity index (χ1v) is 6.68. The summed E-state index contributed by atoms with van der Waals surface area (Å²) in [6.07, 6.45) is 1.11. The van der Waals surface area contributed by atoms with E-state index in [1.165, 1.54) is 0 Å². The standard InChI is InChI=1S/C11H11BrN4O2S/c1-2-18-11(17)15-10(19)14-7-5-8-3-4-13-16(8)9(12)6-7/h3-6H,2H2,1H3,(H2,14,15,17,19). The van der Waals surface area contributed by atoms with Crippen LogP contribution in [0.1, 0.15) is 6.92 Å². The zero-order chi connectivity index (χ0) is 13.8. The molecule has 8 heteroatoms. The van der Waals surface area contributed by atoms with Gasteiger partial charge in [-0.2, -0.15) is 5.10 Å². The van der Waals surface area contributed by atoms with Crippen molar-refractivity contribution in [3.05, 3.63) is 29.0 Å². The third kappa shape index (κ3) is 3.42. The highest BCUT2D eigenvalue weighted by Gasteiger charge is 2.07. The number of alkyl carbamates (subject to hydrolysis) is 1. The number of carbonyl (C=O) groups excluding carboxylic acids is 1. The first-order chi connectivity index (χ1) is 9.10. The van der Waals surface area contributed by atoms with Crippen LogP contribution in [0.25, 0.3) is 5.52 Å². The number of fused-ring (bicyclic) bond motifs is 1. The van der Waals surface area contributed by atoms with Crippen molar-refractivity contribution in [3.8, 4) is 0 Å². The summed E-state index contributed by atoms with van der Waals surface area (Å²) in [6.45, 7) is 2.02. The van der Waals surface area contributed by atoms with Crippen molar-refractivity contribution in [3.63, 3.8) is 0 Å². The molecule has 2 heterocycles. The molecule has 0 aliphatic carbocycles. The fourth-order valence-corrected chi connectivity index (χ4v) is 2.23. The van der Waals surface area contributed by atoms with Gasteiger partial charge in [0.15, 0.2) is 5.11 Å². The minimum Gasteiger partial charge on any atom is -0.450 e. The summed E-state index contributed by atoms with van der Waals surface area (Å²) in [5.41, 5.74) is 1.64. The highest BCUT2D eigenvalue weighted by Crippen LogP contribution is 2.19. The van der Waals surface area contributed by atoms with E-state index >= 15 is 0 Å². The number of rotatable bonds is 2. The molecule has 0 bridgehead atoms. The fourth-order valence-electron chi connectivity index (χ4n) is 1.49. The van der Waals surface area contributed by atoms with Crippen LogP contribution in [0.5, 0.6) is 0 Å². The number of nitrogens with zero attached hydrogens (tertiary/aromatic N) is 2. The maximum Gasteiger partial charge on any atom is 0.413 e.